The van der Waals surface area contributed by atoms with E-state index in [1.807, 2.05) is 0 Å². The van der Waals surface area contributed by atoms with Crippen molar-refractivity contribution in [3.8, 4) is 5.88 Å². The molecule has 0 aliphatic heterocycles. The lowest BCUT2D eigenvalue weighted by Gasteiger charge is -2.06. The maximum atomic E-state index is 10.1. The summed E-state index contributed by atoms with van der Waals surface area (Å²) in [6.07, 6.45) is 4.03. The van der Waals surface area contributed by atoms with Crippen molar-refractivity contribution in [3.63, 3.8) is 0 Å². The van der Waals surface area contributed by atoms with Crippen molar-refractivity contribution in [2.24, 2.45) is 5.92 Å². The normalized spacial score (nSPS) is 11.3. The molecule has 3 nitrogen and oxygen atoms in total. The van der Waals surface area contributed by atoms with Gasteiger partial charge in [0.2, 0.25) is 5.88 Å². The topological polar surface area (TPSA) is 38.0 Å². The van der Waals surface area contributed by atoms with Crippen molar-refractivity contribution in [3.05, 3.63) is 11.3 Å². The van der Waals surface area contributed by atoms with Crippen molar-refractivity contribution in [2.45, 2.75) is 59.9 Å². The number of hydrogen-bond donors (Lipinski definition) is 1. The van der Waals surface area contributed by atoms with Crippen LogP contribution in [0.15, 0.2) is 0 Å². The average Bonchev–Trinajstić information content (AvgIpc) is 2.47. The fourth-order valence-corrected chi connectivity index (χ4v) is 1.96. The predicted molar refractivity (Wildman–Crippen MR) is 66.7 cm³/mol. The monoisotopic (exact) mass is 224 g/mol. The first-order valence-corrected chi connectivity index (χ1v) is 6.37. The smallest absolute Gasteiger partial charge is 0.212 e. The van der Waals surface area contributed by atoms with Crippen molar-refractivity contribution in [1.29, 1.82) is 0 Å². The van der Waals surface area contributed by atoms with Crippen LogP contribution in [0.2, 0.25) is 0 Å². The molecule has 92 valence electrons. The summed E-state index contributed by atoms with van der Waals surface area (Å²) in [6, 6.07) is 0. The molecule has 0 aliphatic carbocycles. The van der Waals surface area contributed by atoms with Gasteiger partial charge in [-0.1, -0.05) is 40.5 Å². The van der Waals surface area contributed by atoms with Gasteiger partial charge in [0.15, 0.2) is 0 Å². The second kappa shape index (κ2) is 5.92. The Morgan fingerprint density at radius 2 is 1.81 bits per heavy atom. The Bertz CT molecular complexity index is 329. The van der Waals surface area contributed by atoms with E-state index in [1.165, 1.54) is 0 Å². The SMILES string of the molecule is CCCc1nn(CC(C)C)c(O)c1CCC. The molecule has 1 aromatic rings. The molecular weight excluding hydrogens is 200 g/mol. The largest absolute Gasteiger partial charge is 0.493 e. The number of aryl methyl sites for hydroxylation is 1. The standard InChI is InChI=1S/C13H24N2O/c1-5-7-11-12(8-6-2)14-15(13(11)16)9-10(3)4/h10,16H,5-9H2,1-4H3. The van der Waals surface area contributed by atoms with E-state index >= 15 is 0 Å². The summed E-state index contributed by atoms with van der Waals surface area (Å²) < 4.78 is 1.76. The van der Waals surface area contributed by atoms with Crippen molar-refractivity contribution in [1.82, 2.24) is 9.78 Å². The van der Waals surface area contributed by atoms with Gasteiger partial charge in [0.05, 0.1) is 5.69 Å². The Labute approximate surface area is 98.5 Å². The summed E-state index contributed by atoms with van der Waals surface area (Å²) in [7, 11) is 0. The fraction of sp³-hybridized carbons (Fsp3) is 0.769. The van der Waals surface area contributed by atoms with E-state index in [0.717, 1.165) is 43.5 Å². The number of aromatic nitrogens is 2. The first-order valence-electron chi connectivity index (χ1n) is 6.37. The molecule has 0 aliphatic rings. The van der Waals surface area contributed by atoms with Crippen LogP contribution in [0.25, 0.3) is 0 Å². The zero-order valence-corrected chi connectivity index (χ0v) is 11.0. The van der Waals surface area contributed by atoms with Crippen LogP contribution in [-0.2, 0) is 19.4 Å². The molecule has 1 heterocycles. The van der Waals surface area contributed by atoms with E-state index in [4.69, 9.17) is 0 Å². The Hall–Kier alpha value is -0.990. The zero-order valence-electron chi connectivity index (χ0n) is 11.0. The molecule has 0 amide bonds. The third-order valence-electron chi connectivity index (χ3n) is 2.63. The zero-order chi connectivity index (χ0) is 12.1. The van der Waals surface area contributed by atoms with Crippen LogP contribution in [0.4, 0.5) is 0 Å². The summed E-state index contributed by atoms with van der Waals surface area (Å²) in [6.45, 7) is 9.36. The number of aromatic hydroxyl groups is 1. The molecule has 1 rings (SSSR count). The third kappa shape index (κ3) is 3.00. The first-order chi connectivity index (χ1) is 7.60. The van der Waals surface area contributed by atoms with Crippen molar-refractivity contribution >= 4 is 0 Å². The van der Waals surface area contributed by atoms with Gasteiger partial charge >= 0.3 is 0 Å². The summed E-state index contributed by atoms with van der Waals surface area (Å²) in [5.74, 6) is 0.897. The second-order valence-electron chi connectivity index (χ2n) is 4.82. The predicted octanol–water partition coefficient (Wildman–Crippen LogP) is 3.15. The second-order valence-corrected chi connectivity index (χ2v) is 4.82. The lowest BCUT2D eigenvalue weighted by atomic mass is 10.1. The van der Waals surface area contributed by atoms with Gasteiger partial charge in [0, 0.05) is 12.1 Å². The van der Waals surface area contributed by atoms with Crippen LogP contribution in [0.5, 0.6) is 5.88 Å². The van der Waals surface area contributed by atoms with E-state index in [9.17, 15) is 5.11 Å². The molecule has 0 aromatic carbocycles. The lowest BCUT2D eigenvalue weighted by Crippen LogP contribution is -2.06. The number of rotatable bonds is 6. The quantitative estimate of drug-likeness (QED) is 0.806. The highest BCUT2D eigenvalue weighted by atomic mass is 16.3. The molecule has 0 atom stereocenters. The van der Waals surface area contributed by atoms with Crippen LogP contribution >= 0.6 is 0 Å². The van der Waals surface area contributed by atoms with Gasteiger partial charge < -0.3 is 5.11 Å². The fourth-order valence-electron chi connectivity index (χ4n) is 1.96. The van der Waals surface area contributed by atoms with Gasteiger partial charge in [-0.2, -0.15) is 5.10 Å². The molecule has 0 radical (unpaired) electrons. The average molecular weight is 224 g/mol. The summed E-state index contributed by atoms with van der Waals surface area (Å²) in [5, 5.41) is 14.6. The molecule has 0 spiro atoms. The third-order valence-corrected chi connectivity index (χ3v) is 2.63. The highest BCUT2D eigenvalue weighted by Gasteiger charge is 2.16. The Balaban J connectivity index is 2.98. The minimum absolute atomic E-state index is 0.388. The molecular formula is C13H24N2O. The van der Waals surface area contributed by atoms with Crippen LogP contribution in [0.3, 0.4) is 0 Å². The maximum absolute atomic E-state index is 10.1. The van der Waals surface area contributed by atoms with Crippen LogP contribution < -0.4 is 0 Å². The minimum atomic E-state index is 0.388. The Kier molecular flexibility index (Phi) is 4.84. The summed E-state index contributed by atoms with van der Waals surface area (Å²) in [4.78, 5) is 0. The number of hydrogen-bond acceptors (Lipinski definition) is 2. The van der Waals surface area contributed by atoms with Crippen LogP contribution in [0, 0.1) is 5.92 Å². The Morgan fingerprint density at radius 3 is 2.31 bits per heavy atom. The molecule has 0 bridgehead atoms. The highest BCUT2D eigenvalue weighted by molar-refractivity contribution is 5.31. The number of nitrogens with zero attached hydrogens (tertiary/aromatic N) is 2. The van der Waals surface area contributed by atoms with Gasteiger partial charge in [-0.05, 0) is 18.8 Å². The van der Waals surface area contributed by atoms with E-state index in [2.05, 4.69) is 32.8 Å². The molecule has 1 aromatic heterocycles. The van der Waals surface area contributed by atoms with E-state index in [-0.39, 0.29) is 0 Å². The van der Waals surface area contributed by atoms with E-state index in [0.29, 0.717) is 11.8 Å². The van der Waals surface area contributed by atoms with Crippen LogP contribution in [0.1, 0.15) is 51.8 Å². The molecule has 16 heavy (non-hydrogen) atoms. The Morgan fingerprint density at radius 1 is 1.19 bits per heavy atom. The molecule has 1 N–H and O–H groups in total. The minimum Gasteiger partial charge on any atom is -0.493 e. The maximum Gasteiger partial charge on any atom is 0.212 e. The van der Waals surface area contributed by atoms with Crippen LogP contribution in [-0.4, -0.2) is 14.9 Å². The molecule has 0 saturated heterocycles. The highest BCUT2D eigenvalue weighted by Crippen LogP contribution is 2.24. The van der Waals surface area contributed by atoms with E-state index < -0.39 is 0 Å². The molecule has 0 fully saturated rings. The summed E-state index contributed by atoms with van der Waals surface area (Å²) >= 11 is 0. The van der Waals surface area contributed by atoms with Crippen molar-refractivity contribution < 1.29 is 5.11 Å². The molecule has 0 saturated carbocycles. The van der Waals surface area contributed by atoms with Gasteiger partial charge in [-0.25, -0.2) is 4.68 Å². The van der Waals surface area contributed by atoms with Gasteiger partial charge in [-0.3, -0.25) is 0 Å². The summed E-state index contributed by atoms with van der Waals surface area (Å²) in [5.41, 5.74) is 2.15. The van der Waals surface area contributed by atoms with Gasteiger partial charge in [0.25, 0.3) is 0 Å². The van der Waals surface area contributed by atoms with E-state index in [1.54, 1.807) is 4.68 Å². The van der Waals surface area contributed by atoms with Gasteiger partial charge in [-0.15, -0.1) is 0 Å². The lowest BCUT2D eigenvalue weighted by molar-refractivity contribution is 0.368. The molecule has 0 unspecified atom stereocenters. The van der Waals surface area contributed by atoms with Gasteiger partial charge in [0.1, 0.15) is 0 Å². The van der Waals surface area contributed by atoms with Crippen molar-refractivity contribution in [2.75, 3.05) is 0 Å². The first kappa shape index (κ1) is 13.1. The molecule has 3 heteroatoms.